The molecule has 3 aromatic rings. The Balaban J connectivity index is 1.66. The van der Waals surface area contributed by atoms with Gasteiger partial charge in [-0.1, -0.05) is 61.9 Å². The van der Waals surface area contributed by atoms with Gasteiger partial charge in [-0.25, -0.2) is 13.2 Å². The first-order chi connectivity index (χ1) is 16.2. The third-order valence-corrected chi connectivity index (χ3v) is 5.37. The molecule has 3 rings (SSSR count). The van der Waals surface area contributed by atoms with E-state index < -0.39 is 41.8 Å². The molecule has 0 heterocycles. The summed E-state index contributed by atoms with van der Waals surface area (Å²) in [6.07, 6.45) is -5.83. The Morgan fingerprint density at radius 3 is 1.79 bits per heavy atom. The molecule has 0 spiro atoms. The van der Waals surface area contributed by atoms with Crippen molar-refractivity contribution in [3.05, 3.63) is 83.2 Å². The normalized spacial score (nSPS) is 11.6. The van der Waals surface area contributed by atoms with E-state index in [9.17, 15) is 22.0 Å². The van der Waals surface area contributed by atoms with Crippen LogP contribution in [-0.4, -0.2) is 12.7 Å². The number of hydrogen-bond donors (Lipinski definition) is 0. The van der Waals surface area contributed by atoms with Crippen LogP contribution in [0.25, 0.3) is 11.1 Å². The van der Waals surface area contributed by atoms with E-state index in [1.807, 2.05) is 24.3 Å². The van der Waals surface area contributed by atoms with Crippen molar-refractivity contribution < 1.29 is 31.4 Å². The van der Waals surface area contributed by atoms with E-state index in [0.29, 0.717) is 5.56 Å². The number of ether oxygens (including phenoxy) is 2. The standard InChI is InChI=1S/C27H27F5O2/c1-3-5-18-6-10-20(11-7-18)21-12-8-19(9-13-21)16-17-27(31,32)34-22-14-15-23(33-4-2)25(28)24(22)26(29)30/h6-15,26H,3-5,16-17H2,1-2H3. The first-order valence-electron chi connectivity index (χ1n) is 11.2. The molecule has 0 aliphatic carbocycles. The van der Waals surface area contributed by atoms with Gasteiger partial charge < -0.3 is 9.47 Å². The summed E-state index contributed by atoms with van der Waals surface area (Å²) in [7, 11) is 0. The predicted octanol–water partition coefficient (Wildman–Crippen LogP) is 8.39. The van der Waals surface area contributed by atoms with Gasteiger partial charge in [0.05, 0.1) is 18.6 Å². The van der Waals surface area contributed by atoms with E-state index in [4.69, 9.17) is 4.74 Å². The molecule has 182 valence electrons. The van der Waals surface area contributed by atoms with Crippen LogP contribution in [0.2, 0.25) is 0 Å². The Bertz CT molecular complexity index is 1060. The third kappa shape index (κ3) is 6.49. The maximum absolute atomic E-state index is 14.4. The molecule has 34 heavy (non-hydrogen) atoms. The topological polar surface area (TPSA) is 18.5 Å². The third-order valence-electron chi connectivity index (χ3n) is 5.37. The minimum absolute atomic E-state index is 0.0406. The molecule has 2 nitrogen and oxygen atoms in total. The first-order valence-corrected chi connectivity index (χ1v) is 11.2. The van der Waals surface area contributed by atoms with Gasteiger partial charge in [0.1, 0.15) is 5.75 Å². The van der Waals surface area contributed by atoms with Crippen LogP contribution in [0.4, 0.5) is 22.0 Å². The summed E-state index contributed by atoms with van der Waals surface area (Å²) in [6.45, 7) is 3.71. The van der Waals surface area contributed by atoms with Crippen molar-refractivity contribution in [1.82, 2.24) is 0 Å². The number of alkyl halides is 4. The van der Waals surface area contributed by atoms with E-state index in [-0.39, 0.29) is 13.0 Å². The van der Waals surface area contributed by atoms with Crippen LogP contribution in [0, 0.1) is 5.82 Å². The molecule has 0 saturated heterocycles. The highest BCUT2D eigenvalue weighted by atomic mass is 19.3. The number of aryl methyl sites for hydroxylation is 2. The quantitative estimate of drug-likeness (QED) is 0.258. The lowest BCUT2D eigenvalue weighted by atomic mass is 10.00. The molecule has 0 aliphatic heterocycles. The Kier molecular flexibility index (Phi) is 8.53. The molecule has 0 N–H and O–H groups in total. The van der Waals surface area contributed by atoms with Crippen molar-refractivity contribution in [2.75, 3.05) is 6.61 Å². The maximum atomic E-state index is 14.4. The van der Waals surface area contributed by atoms with Gasteiger partial charge in [0.15, 0.2) is 11.6 Å². The average Bonchev–Trinajstić information content (AvgIpc) is 2.80. The predicted molar refractivity (Wildman–Crippen MR) is 122 cm³/mol. The molecule has 0 atom stereocenters. The largest absolute Gasteiger partial charge is 0.491 e. The van der Waals surface area contributed by atoms with Crippen LogP contribution in [0.3, 0.4) is 0 Å². The molecule has 0 saturated carbocycles. The zero-order valence-electron chi connectivity index (χ0n) is 19.1. The van der Waals surface area contributed by atoms with Gasteiger partial charge in [0.25, 0.3) is 6.43 Å². The van der Waals surface area contributed by atoms with Gasteiger partial charge in [-0.2, -0.15) is 8.78 Å². The number of hydrogen-bond acceptors (Lipinski definition) is 2. The summed E-state index contributed by atoms with van der Waals surface area (Å²) in [4.78, 5) is 0. The molecule has 3 aromatic carbocycles. The molecule has 0 aromatic heterocycles. The van der Waals surface area contributed by atoms with Crippen molar-refractivity contribution >= 4 is 0 Å². The highest BCUT2D eigenvalue weighted by Crippen LogP contribution is 2.39. The van der Waals surface area contributed by atoms with Gasteiger partial charge in [-0.3, -0.25) is 0 Å². The first kappa shape index (κ1) is 25.5. The van der Waals surface area contributed by atoms with Gasteiger partial charge in [-0.05, 0) is 54.2 Å². The maximum Gasteiger partial charge on any atom is 0.398 e. The summed E-state index contributed by atoms with van der Waals surface area (Å²) in [5.74, 6) is -2.74. The van der Waals surface area contributed by atoms with Gasteiger partial charge in [0.2, 0.25) is 0 Å². The molecule has 0 radical (unpaired) electrons. The zero-order chi connectivity index (χ0) is 24.7. The Labute approximate surface area is 196 Å². The molecular weight excluding hydrogens is 451 g/mol. The van der Waals surface area contributed by atoms with Crippen LogP contribution in [0.5, 0.6) is 11.5 Å². The highest BCUT2D eigenvalue weighted by molar-refractivity contribution is 5.64. The van der Waals surface area contributed by atoms with E-state index >= 15 is 0 Å². The lowest BCUT2D eigenvalue weighted by Crippen LogP contribution is -2.26. The van der Waals surface area contributed by atoms with Crippen LogP contribution < -0.4 is 9.47 Å². The zero-order valence-corrected chi connectivity index (χ0v) is 19.1. The minimum Gasteiger partial charge on any atom is -0.491 e. The summed E-state index contributed by atoms with van der Waals surface area (Å²) in [5, 5.41) is 0. The average molecular weight is 479 g/mol. The molecular formula is C27H27F5O2. The minimum atomic E-state index is -3.77. The Hall–Kier alpha value is -3.09. The molecule has 0 bridgehead atoms. The number of halogens is 5. The molecule has 0 amide bonds. The van der Waals surface area contributed by atoms with Crippen molar-refractivity contribution in [3.8, 4) is 22.6 Å². The fraction of sp³-hybridized carbons (Fsp3) is 0.333. The van der Waals surface area contributed by atoms with E-state index in [2.05, 4.69) is 23.8 Å². The van der Waals surface area contributed by atoms with E-state index in [1.165, 1.54) is 5.56 Å². The van der Waals surface area contributed by atoms with Crippen LogP contribution in [0.15, 0.2) is 60.7 Å². The SMILES string of the molecule is CCCc1ccc(-c2ccc(CCC(F)(F)Oc3ccc(OCC)c(F)c3C(F)F)cc2)cc1. The summed E-state index contributed by atoms with van der Waals surface area (Å²) < 4.78 is 79.4. The van der Waals surface area contributed by atoms with E-state index in [1.54, 1.807) is 19.1 Å². The van der Waals surface area contributed by atoms with Crippen molar-refractivity contribution in [2.24, 2.45) is 0 Å². The monoisotopic (exact) mass is 478 g/mol. The lowest BCUT2D eigenvalue weighted by molar-refractivity contribution is -0.181. The van der Waals surface area contributed by atoms with Gasteiger partial charge in [-0.15, -0.1) is 0 Å². The summed E-state index contributed by atoms with van der Waals surface area (Å²) in [5.41, 5.74) is 2.65. The molecule has 0 unspecified atom stereocenters. The Morgan fingerprint density at radius 1 is 0.765 bits per heavy atom. The fourth-order valence-corrected chi connectivity index (χ4v) is 3.63. The second-order valence-corrected chi connectivity index (χ2v) is 7.91. The number of benzene rings is 3. The second kappa shape index (κ2) is 11.4. The summed E-state index contributed by atoms with van der Waals surface area (Å²) >= 11 is 0. The smallest absolute Gasteiger partial charge is 0.398 e. The Morgan fingerprint density at radius 2 is 1.29 bits per heavy atom. The van der Waals surface area contributed by atoms with Crippen molar-refractivity contribution in [1.29, 1.82) is 0 Å². The van der Waals surface area contributed by atoms with Crippen LogP contribution in [-0.2, 0) is 12.8 Å². The lowest BCUT2D eigenvalue weighted by Gasteiger charge is -2.21. The molecule has 7 heteroatoms. The van der Waals surface area contributed by atoms with E-state index in [0.717, 1.165) is 36.1 Å². The molecule has 0 fully saturated rings. The van der Waals surface area contributed by atoms with Gasteiger partial charge >= 0.3 is 6.11 Å². The molecule has 0 aliphatic rings. The van der Waals surface area contributed by atoms with Crippen molar-refractivity contribution in [2.45, 2.75) is 52.1 Å². The van der Waals surface area contributed by atoms with Crippen molar-refractivity contribution in [3.63, 3.8) is 0 Å². The van der Waals surface area contributed by atoms with Crippen LogP contribution in [0.1, 0.15) is 49.8 Å². The summed E-state index contributed by atoms with van der Waals surface area (Å²) in [6, 6.07) is 17.3. The van der Waals surface area contributed by atoms with Crippen LogP contribution >= 0.6 is 0 Å². The highest BCUT2D eigenvalue weighted by Gasteiger charge is 2.34. The number of rotatable bonds is 11. The second-order valence-electron chi connectivity index (χ2n) is 7.91. The fourth-order valence-electron chi connectivity index (χ4n) is 3.63. The van der Waals surface area contributed by atoms with Gasteiger partial charge in [0, 0.05) is 0 Å².